The number of hydrogen-bond donors (Lipinski definition) is 2. The molecule has 0 radical (unpaired) electrons. The molecule has 1 amide bonds. The fraction of sp³-hybridized carbons (Fsp3) is 0.417. The minimum absolute atomic E-state index is 0. The molecule has 18 heavy (non-hydrogen) atoms. The van der Waals surface area contributed by atoms with Crippen molar-refractivity contribution in [3.8, 4) is 0 Å². The minimum Gasteiger partial charge on any atom is -0.355 e. The van der Waals surface area contributed by atoms with Crippen LogP contribution in [-0.2, 0) is 4.79 Å². The van der Waals surface area contributed by atoms with Gasteiger partial charge in [0, 0.05) is 28.9 Å². The summed E-state index contributed by atoms with van der Waals surface area (Å²) >= 11 is 5.17. The van der Waals surface area contributed by atoms with E-state index in [1.54, 1.807) is 11.8 Å². The maximum atomic E-state index is 11.3. The summed E-state index contributed by atoms with van der Waals surface area (Å²) < 4.78 is 1.09. The second-order valence-corrected chi connectivity index (χ2v) is 5.63. The highest BCUT2D eigenvalue weighted by Crippen LogP contribution is 2.21. The van der Waals surface area contributed by atoms with Crippen molar-refractivity contribution >= 4 is 46.0 Å². The molecular weight excluding hydrogens is 336 g/mol. The Morgan fingerprint density at radius 3 is 2.61 bits per heavy atom. The van der Waals surface area contributed by atoms with E-state index in [-0.39, 0.29) is 18.3 Å². The van der Waals surface area contributed by atoms with Crippen LogP contribution < -0.4 is 11.1 Å². The van der Waals surface area contributed by atoms with Crippen molar-refractivity contribution in [2.45, 2.75) is 17.7 Å². The molecule has 1 rings (SSSR count). The van der Waals surface area contributed by atoms with Crippen LogP contribution in [-0.4, -0.2) is 24.7 Å². The van der Waals surface area contributed by atoms with Gasteiger partial charge in [0.05, 0.1) is 0 Å². The van der Waals surface area contributed by atoms with Crippen LogP contribution in [0.5, 0.6) is 0 Å². The van der Waals surface area contributed by atoms with Crippen molar-refractivity contribution in [3.63, 3.8) is 0 Å². The molecule has 102 valence electrons. The molecule has 0 atom stereocenters. The molecule has 0 heterocycles. The van der Waals surface area contributed by atoms with Crippen molar-refractivity contribution in [2.75, 3.05) is 18.8 Å². The lowest BCUT2D eigenvalue weighted by molar-refractivity contribution is -0.121. The standard InChI is InChI=1S/C12H17BrN2OS.ClH/c13-10-3-5-11(6-4-10)17-9-1-2-12(16)15-8-7-14;/h3-6H,1-2,7-9,14H2,(H,15,16);1H. The van der Waals surface area contributed by atoms with E-state index >= 15 is 0 Å². The zero-order valence-electron chi connectivity index (χ0n) is 10.0. The first-order chi connectivity index (χ1) is 8.22. The highest BCUT2D eigenvalue weighted by Gasteiger charge is 2.00. The number of nitrogens with one attached hydrogen (secondary N) is 1. The summed E-state index contributed by atoms with van der Waals surface area (Å²) in [5, 5.41) is 2.76. The van der Waals surface area contributed by atoms with Gasteiger partial charge in [0.1, 0.15) is 0 Å². The number of amides is 1. The quantitative estimate of drug-likeness (QED) is 0.585. The predicted octanol–water partition coefficient (Wildman–Crippen LogP) is 2.82. The maximum absolute atomic E-state index is 11.3. The molecule has 3 N–H and O–H groups in total. The van der Waals surface area contributed by atoms with Gasteiger partial charge in [-0.05, 0) is 36.4 Å². The number of carbonyl (C=O) groups excluding carboxylic acids is 1. The van der Waals surface area contributed by atoms with Gasteiger partial charge in [0.25, 0.3) is 0 Å². The van der Waals surface area contributed by atoms with Crippen LogP contribution in [0, 0.1) is 0 Å². The lowest BCUT2D eigenvalue weighted by Gasteiger charge is -2.03. The van der Waals surface area contributed by atoms with Crippen LogP contribution in [0.3, 0.4) is 0 Å². The van der Waals surface area contributed by atoms with Crippen LogP contribution in [0.2, 0.25) is 0 Å². The summed E-state index contributed by atoms with van der Waals surface area (Å²) in [6.45, 7) is 1.07. The molecule has 1 aromatic carbocycles. The molecule has 0 bridgehead atoms. The molecule has 0 unspecified atom stereocenters. The van der Waals surface area contributed by atoms with E-state index in [1.807, 2.05) is 12.1 Å². The molecule has 0 aromatic heterocycles. The minimum atomic E-state index is 0. The van der Waals surface area contributed by atoms with E-state index in [9.17, 15) is 4.79 Å². The third-order valence-electron chi connectivity index (χ3n) is 2.10. The molecule has 6 heteroatoms. The average molecular weight is 354 g/mol. The van der Waals surface area contributed by atoms with Gasteiger partial charge in [0.15, 0.2) is 0 Å². The first kappa shape index (κ1) is 17.8. The number of hydrogen-bond acceptors (Lipinski definition) is 3. The summed E-state index contributed by atoms with van der Waals surface area (Å²) in [6.07, 6.45) is 1.46. The van der Waals surface area contributed by atoms with Crippen LogP contribution >= 0.6 is 40.1 Å². The smallest absolute Gasteiger partial charge is 0.220 e. The summed E-state index contributed by atoms with van der Waals surface area (Å²) in [6, 6.07) is 8.19. The normalized spacial score (nSPS) is 9.67. The van der Waals surface area contributed by atoms with Crippen molar-refractivity contribution in [3.05, 3.63) is 28.7 Å². The fourth-order valence-corrected chi connectivity index (χ4v) is 2.37. The summed E-state index contributed by atoms with van der Waals surface area (Å²) in [5.41, 5.74) is 5.30. The van der Waals surface area contributed by atoms with E-state index in [1.165, 1.54) is 4.90 Å². The number of rotatable bonds is 7. The lowest BCUT2D eigenvalue weighted by atomic mass is 10.3. The van der Waals surface area contributed by atoms with Crippen molar-refractivity contribution in [2.24, 2.45) is 5.73 Å². The van der Waals surface area contributed by atoms with Gasteiger partial charge in [-0.1, -0.05) is 15.9 Å². The van der Waals surface area contributed by atoms with Gasteiger partial charge in [-0.15, -0.1) is 24.2 Å². The molecule has 0 spiro atoms. The number of thioether (sulfide) groups is 1. The summed E-state index contributed by atoms with van der Waals surface area (Å²) in [7, 11) is 0. The number of benzene rings is 1. The predicted molar refractivity (Wildman–Crippen MR) is 83.4 cm³/mol. The summed E-state index contributed by atoms with van der Waals surface area (Å²) in [5.74, 6) is 1.05. The Balaban J connectivity index is 0.00000289. The van der Waals surface area contributed by atoms with Gasteiger partial charge in [-0.3, -0.25) is 4.79 Å². The molecule has 0 aliphatic carbocycles. The molecule has 3 nitrogen and oxygen atoms in total. The van der Waals surface area contributed by atoms with E-state index in [0.29, 0.717) is 19.5 Å². The van der Waals surface area contributed by atoms with E-state index in [0.717, 1.165) is 16.6 Å². The van der Waals surface area contributed by atoms with Gasteiger partial charge < -0.3 is 11.1 Å². The topological polar surface area (TPSA) is 55.1 Å². The molecule has 0 aliphatic heterocycles. The highest BCUT2D eigenvalue weighted by atomic mass is 79.9. The zero-order chi connectivity index (χ0) is 12.5. The second-order valence-electron chi connectivity index (χ2n) is 3.54. The number of carbonyl (C=O) groups is 1. The maximum Gasteiger partial charge on any atom is 0.220 e. The largest absolute Gasteiger partial charge is 0.355 e. The molecule has 0 fully saturated rings. The SMILES string of the molecule is Cl.NCCNC(=O)CCCSc1ccc(Br)cc1. The molecule has 0 aliphatic rings. The Hall–Kier alpha value is -0.230. The van der Waals surface area contributed by atoms with E-state index < -0.39 is 0 Å². The first-order valence-corrected chi connectivity index (χ1v) is 7.35. The number of nitrogens with two attached hydrogens (primary N) is 1. The second kappa shape index (κ2) is 10.7. The molecule has 0 saturated carbocycles. The highest BCUT2D eigenvalue weighted by molar-refractivity contribution is 9.10. The fourth-order valence-electron chi connectivity index (χ4n) is 1.25. The Morgan fingerprint density at radius 1 is 1.33 bits per heavy atom. The first-order valence-electron chi connectivity index (χ1n) is 5.57. The Kier molecular flexibility index (Phi) is 10.5. The van der Waals surface area contributed by atoms with Crippen LogP contribution in [0.1, 0.15) is 12.8 Å². The van der Waals surface area contributed by atoms with Crippen molar-refractivity contribution in [1.29, 1.82) is 0 Å². The van der Waals surface area contributed by atoms with Gasteiger partial charge >= 0.3 is 0 Å². The lowest BCUT2D eigenvalue weighted by Crippen LogP contribution is -2.28. The van der Waals surface area contributed by atoms with Gasteiger partial charge in [-0.2, -0.15) is 0 Å². The van der Waals surface area contributed by atoms with Crippen LogP contribution in [0.4, 0.5) is 0 Å². The Morgan fingerprint density at radius 2 is 2.00 bits per heavy atom. The summed E-state index contributed by atoms with van der Waals surface area (Å²) in [4.78, 5) is 12.5. The molecular formula is C12H18BrClN2OS. The van der Waals surface area contributed by atoms with Crippen molar-refractivity contribution < 1.29 is 4.79 Å². The van der Waals surface area contributed by atoms with Gasteiger partial charge in [-0.25, -0.2) is 0 Å². The van der Waals surface area contributed by atoms with Crippen molar-refractivity contribution in [1.82, 2.24) is 5.32 Å². The Bertz CT molecular complexity index is 348. The average Bonchev–Trinajstić information content (AvgIpc) is 2.34. The Labute approximate surface area is 127 Å². The molecule has 0 saturated heterocycles. The van der Waals surface area contributed by atoms with Crippen LogP contribution in [0.15, 0.2) is 33.6 Å². The van der Waals surface area contributed by atoms with Crippen LogP contribution in [0.25, 0.3) is 0 Å². The van der Waals surface area contributed by atoms with E-state index in [2.05, 4.69) is 33.4 Å². The number of halogens is 2. The molecule has 1 aromatic rings. The monoisotopic (exact) mass is 352 g/mol. The third-order valence-corrected chi connectivity index (χ3v) is 3.72. The van der Waals surface area contributed by atoms with E-state index in [4.69, 9.17) is 5.73 Å². The van der Waals surface area contributed by atoms with Gasteiger partial charge in [0.2, 0.25) is 5.91 Å². The third kappa shape index (κ3) is 7.97. The zero-order valence-corrected chi connectivity index (χ0v) is 13.2.